The highest BCUT2D eigenvalue weighted by Gasteiger charge is 2.45. The van der Waals surface area contributed by atoms with Crippen LogP contribution in [0.25, 0.3) is 0 Å². The third-order valence-corrected chi connectivity index (χ3v) is 6.61. The van der Waals surface area contributed by atoms with Gasteiger partial charge in [-0.25, -0.2) is 0 Å². The number of carbonyl (C=O) groups is 3. The highest BCUT2D eigenvalue weighted by atomic mass is 16.7. The summed E-state index contributed by atoms with van der Waals surface area (Å²) in [4.78, 5) is 43.8. The van der Waals surface area contributed by atoms with Gasteiger partial charge in [0, 0.05) is 44.5 Å². The van der Waals surface area contributed by atoms with Crippen LogP contribution in [0.3, 0.4) is 0 Å². The molecule has 0 N–H and O–H groups in total. The van der Waals surface area contributed by atoms with Crippen LogP contribution in [0.15, 0.2) is 18.2 Å². The zero-order chi connectivity index (χ0) is 20.9. The number of piperidine rings is 1. The number of anilines is 2. The second kappa shape index (κ2) is 7.35. The molecule has 4 aliphatic rings. The number of rotatable bonds is 3. The quantitative estimate of drug-likeness (QED) is 0.757. The lowest BCUT2D eigenvalue weighted by molar-refractivity contribution is -0.181. The highest BCUT2D eigenvalue weighted by Crippen LogP contribution is 2.41. The molecule has 3 fully saturated rings. The highest BCUT2D eigenvalue weighted by molar-refractivity contribution is 6.15. The van der Waals surface area contributed by atoms with Crippen LogP contribution in [0, 0.1) is 0 Å². The molecule has 4 aliphatic heterocycles. The van der Waals surface area contributed by atoms with E-state index in [9.17, 15) is 14.4 Å². The second-order valence-corrected chi connectivity index (χ2v) is 8.41. The summed E-state index contributed by atoms with van der Waals surface area (Å²) < 4.78 is 11.5. The van der Waals surface area contributed by atoms with Crippen LogP contribution in [-0.4, -0.2) is 67.3 Å². The van der Waals surface area contributed by atoms with Crippen molar-refractivity contribution in [1.82, 2.24) is 4.90 Å². The van der Waals surface area contributed by atoms with E-state index >= 15 is 0 Å². The SMILES string of the molecule is CCCN1C(=O)[C@H]2CCC(=O)N2c2ccc(C(=O)N3CCC4(CC3)OCCO4)cc21. The van der Waals surface area contributed by atoms with Gasteiger partial charge in [0.2, 0.25) is 11.8 Å². The van der Waals surface area contributed by atoms with Crippen LogP contribution in [0.5, 0.6) is 0 Å². The lowest BCUT2D eigenvalue weighted by Gasteiger charge is -2.39. The maximum atomic E-state index is 13.2. The molecule has 1 atom stereocenters. The van der Waals surface area contributed by atoms with E-state index in [4.69, 9.17) is 9.47 Å². The van der Waals surface area contributed by atoms with Crippen LogP contribution in [0.4, 0.5) is 11.4 Å². The van der Waals surface area contributed by atoms with Crippen molar-refractivity contribution in [3.05, 3.63) is 23.8 Å². The topological polar surface area (TPSA) is 79.4 Å². The Morgan fingerprint density at radius 2 is 1.87 bits per heavy atom. The number of hydrogen-bond donors (Lipinski definition) is 0. The van der Waals surface area contributed by atoms with Crippen molar-refractivity contribution in [2.75, 3.05) is 42.6 Å². The number of fused-ring (bicyclic) bond motifs is 3. The number of benzene rings is 1. The van der Waals surface area contributed by atoms with Gasteiger partial charge in [-0.2, -0.15) is 0 Å². The number of nitrogens with zero attached hydrogens (tertiary/aromatic N) is 3. The van der Waals surface area contributed by atoms with E-state index in [-0.39, 0.29) is 17.7 Å². The number of amides is 3. The molecule has 160 valence electrons. The number of likely N-dealkylation sites (tertiary alicyclic amines) is 1. The Bertz CT molecular complexity index is 885. The van der Waals surface area contributed by atoms with Gasteiger partial charge in [-0.1, -0.05) is 6.92 Å². The first-order chi connectivity index (χ1) is 14.5. The van der Waals surface area contributed by atoms with Gasteiger partial charge in [0.15, 0.2) is 5.79 Å². The maximum absolute atomic E-state index is 13.2. The van der Waals surface area contributed by atoms with E-state index in [1.807, 2.05) is 17.9 Å². The molecular formula is C22H27N3O5. The molecule has 0 aliphatic carbocycles. The van der Waals surface area contributed by atoms with Gasteiger partial charge in [0.25, 0.3) is 5.91 Å². The Kier molecular flexibility index (Phi) is 4.78. The van der Waals surface area contributed by atoms with Crippen molar-refractivity contribution < 1.29 is 23.9 Å². The van der Waals surface area contributed by atoms with Gasteiger partial charge in [-0.3, -0.25) is 19.3 Å². The number of ether oxygens (including phenoxy) is 2. The van der Waals surface area contributed by atoms with Crippen LogP contribution in [-0.2, 0) is 19.1 Å². The Hall–Kier alpha value is -2.45. The molecule has 3 amide bonds. The van der Waals surface area contributed by atoms with Crippen LogP contribution < -0.4 is 9.80 Å². The monoisotopic (exact) mass is 413 g/mol. The van der Waals surface area contributed by atoms with Crippen LogP contribution >= 0.6 is 0 Å². The number of hydrogen-bond acceptors (Lipinski definition) is 5. The van der Waals surface area contributed by atoms with Gasteiger partial charge in [-0.05, 0) is 31.0 Å². The second-order valence-electron chi connectivity index (χ2n) is 8.41. The molecule has 8 heteroatoms. The minimum Gasteiger partial charge on any atom is -0.347 e. The van der Waals surface area contributed by atoms with Crippen molar-refractivity contribution in [2.45, 2.75) is 50.9 Å². The smallest absolute Gasteiger partial charge is 0.253 e. The average molecular weight is 413 g/mol. The van der Waals surface area contributed by atoms with Crippen molar-refractivity contribution in [1.29, 1.82) is 0 Å². The summed E-state index contributed by atoms with van der Waals surface area (Å²) in [6, 6.07) is 4.96. The molecule has 4 heterocycles. The molecule has 0 bridgehead atoms. The zero-order valence-corrected chi connectivity index (χ0v) is 17.3. The first kappa shape index (κ1) is 19.5. The molecule has 0 radical (unpaired) electrons. The summed E-state index contributed by atoms with van der Waals surface area (Å²) in [6.45, 7) is 4.95. The standard InChI is InChI=1S/C22H27N3O5/c1-2-9-24-18-14-15(3-4-16(18)25-17(21(24)28)5-6-19(25)26)20(27)23-10-7-22(8-11-23)29-12-13-30-22/h3-4,14,17H,2,5-13H2,1H3/t17-/m1/s1. The Morgan fingerprint density at radius 1 is 1.13 bits per heavy atom. The Labute approximate surface area is 175 Å². The number of carbonyl (C=O) groups excluding carboxylic acids is 3. The molecule has 1 aromatic rings. The fraction of sp³-hybridized carbons (Fsp3) is 0.591. The summed E-state index contributed by atoms with van der Waals surface area (Å²) in [5.74, 6) is -0.662. The summed E-state index contributed by atoms with van der Waals surface area (Å²) in [6.07, 6.45) is 3.06. The van der Waals surface area contributed by atoms with Gasteiger partial charge >= 0.3 is 0 Å². The summed E-state index contributed by atoms with van der Waals surface area (Å²) in [5, 5.41) is 0. The van der Waals surface area contributed by atoms with E-state index < -0.39 is 11.8 Å². The van der Waals surface area contributed by atoms with Gasteiger partial charge in [-0.15, -0.1) is 0 Å². The fourth-order valence-corrected chi connectivity index (χ4v) is 5.07. The van der Waals surface area contributed by atoms with E-state index in [0.29, 0.717) is 69.8 Å². The third kappa shape index (κ3) is 3.01. The maximum Gasteiger partial charge on any atom is 0.253 e. The normalized spacial score (nSPS) is 25.1. The Morgan fingerprint density at radius 3 is 2.57 bits per heavy atom. The molecule has 30 heavy (non-hydrogen) atoms. The minimum absolute atomic E-state index is 0.0253. The van der Waals surface area contributed by atoms with Gasteiger partial charge in [0.1, 0.15) is 6.04 Å². The average Bonchev–Trinajstić information content (AvgIpc) is 3.38. The molecule has 1 spiro atoms. The van der Waals surface area contributed by atoms with Crippen LogP contribution in [0.2, 0.25) is 0 Å². The van der Waals surface area contributed by atoms with Crippen molar-refractivity contribution in [2.24, 2.45) is 0 Å². The molecule has 5 rings (SSSR count). The van der Waals surface area contributed by atoms with Crippen LogP contribution in [0.1, 0.15) is 49.4 Å². The molecule has 0 saturated carbocycles. The van der Waals surface area contributed by atoms with Gasteiger partial charge in [0.05, 0.1) is 24.6 Å². The fourth-order valence-electron chi connectivity index (χ4n) is 5.07. The molecule has 1 aromatic carbocycles. The third-order valence-electron chi connectivity index (χ3n) is 6.61. The largest absolute Gasteiger partial charge is 0.347 e. The first-order valence-electron chi connectivity index (χ1n) is 10.9. The zero-order valence-electron chi connectivity index (χ0n) is 17.3. The van der Waals surface area contributed by atoms with Crippen molar-refractivity contribution in [3.63, 3.8) is 0 Å². The van der Waals surface area contributed by atoms with E-state index in [1.54, 1.807) is 21.9 Å². The molecule has 8 nitrogen and oxygen atoms in total. The Balaban J connectivity index is 1.42. The van der Waals surface area contributed by atoms with E-state index in [1.165, 1.54) is 0 Å². The predicted octanol–water partition coefficient (Wildman–Crippen LogP) is 1.92. The lowest BCUT2D eigenvalue weighted by atomic mass is 10.0. The van der Waals surface area contributed by atoms with E-state index in [2.05, 4.69) is 0 Å². The summed E-state index contributed by atoms with van der Waals surface area (Å²) in [5.41, 5.74) is 1.93. The lowest BCUT2D eigenvalue weighted by Crippen LogP contribution is -2.52. The summed E-state index contributed by atoms with van der Waals surface area (Å²) in [7, 11) is 0. The minimum atomic E-state index is -0.526. The summed E-state index contributed by atoms with van der Waals surface area (Å²) >= 11 is 0. The van der Waals surface area contributed by atoms with E-state index in [0.717, 1.165) is 12.1 Å². The van der Waals surface area contributed by atoms with Gasteiger partial charge < -0.3 is 19.3 Å². The predicted molar refractivity (Wildman–Crippen MR) is 109 cm³/mol. The van der Waals surface area contributed by atoms with Crippen molar-refractivity contribution in [3.8, 4) is 0 Å². The van der Waals surface area contributed by atoms with Crippen molar-refractivity contribution >= 4 is 29.1 Å². The molecule has 3 saturated heterocycles. The molecule has 0 aromatic heterocycles. The first-order valence-corrected chi connectivity index (χ1v) is 10.9. The molecule has 0 unspecified atom stereocenters. The molecular weight excluding hydrogens is 386 g/mol.